The molecule has 0 saturated carbocycles. The molecule has 0 aliphatic carbocycles. The number of nitrogens with one attached hydrogen (secondary N) is 1. The summed E-state index contributed by atoms with van der Waals surface area (Å²) in [5.41, 5.74) is 1.02. The molecule has 2 atom stereocenters. The van der Waals surface area contributed by atoms with Gasteiger partial charge in [0.25, 0.3) is 0 Å². The maximum Gasteiger partial charge on any atom is 0.123 e. The lowest BCUT2D eigenvalue weighted by atomic mass is 10.1. The van der Waals surface area contributed by atoms with Gasteiger partial charge < -0.3 is 5.32 Å². The maximum absolute atomic E-state index is 13.2. The lowest BCUT2D eigenvalue weighted by Gasteiger charge is -2.33. The summed E-state index contributed by atoms with van der Waals surface area (Å²) in [6, 6.07) is 7.61. The van der Waals surface area contributed by atoms with E-state index in [1.807, 2.05) is 6.07 Å². The number of halogens is 1. The van der Waals surface area contributed by atoms with E-state index in [1.165, 1.54) is 38.4 Å². The summed E-state index contributed by atoms with van der Waals surface area (Å²) in [6.07, 6.45) is 4.02. The Morgan fingerprint density at radius 2 is 1.95 bits per heavy atom. The maximum atomic E-state index is 13.2. The molecule has 1 aliphatic rings. The molecule has 0 radical (unpaired) electrons. The third kappa shape index (κ3) is 4.29. The Kier molecular flexibility index (Phi) is 5.34. The van der Waals surface area contributed by atoms with Crippen molar-refractivity contribution >= 4 is 0 Å². The van der Waals surface area contributed by atoms with Crippen molar-refractivity contribution in [2.45, 2.75) is 45.2 Å². The Morgan fingerprint density at radius 3 is 2.63 bits per heavy atom. The quantitative estimate of drug-likeness (QED) is 0.877. The zero-order valence-corrected chi connectivity index (χ0v) is 12.0. The average Bonchev–Trinajstić information content (AvgIpc) is 2.45. The van der Waals surface area contributed by atoms with Crippen molar-refractivity contribution in [3.05, 3.63) is 35.6 Å². The first kappa shape index (κ1) is 14.5. The van der Waals surface area contributed by atoms with Gasteiger partial charge >= 0.3 is 0 Å². The minimum absolute atomic E-state index is 0.157. The molecular formula is C16H25FN2. The van der Waals surface area contributed by atoms with Crippen LogP contribution in [0.15, 0.2) is 24.3 Å². The van der Waals surface area contributed by atoms with E-state index in [4.69, 9.17) is 0 Å². The van der Waals surface area contributed by atoms with Gasteiger partial charge in [-0.3, -0.25) is 4.90 Å². The number of hydrogen-bond acceptors (Lipinski definition) is 2. The zero-order chi connectivity index (χ0) is 13.7. The van der Waals surface area contributed by atoms with Gasteiger partial charge in [0.05, 0.1) is 0 Å². The Labute approximate surface area is 116 Å². The molecule has 2 nitrogen and oxygen atoms in total. The molecule has 19 heavy (non-hydrogen) atoms. The van der Waals surface area contributed by atoms with Crippen LogP contribution in [0.2, 0.25) is 0 Å². The molecule has 106 valence electrons. The minimum atomic E-state index is -0.157. The summed E-state index contributed by atoms with van der Waals surface area (Å²) in [6.45, 7) is 7.76. The van der Waals surface area contributed by atoms with Crippen molar-refractivity contribution in [1.82, 2.24) is 10.2 Å². The Morgan fingerprint density at radius 1 is 1.21 bits per heavy atom. The standard InChI is InChI=1S/C16H25FN2/c1-13(19-9-4-3-5-10-19)12-18-14(2)15-7-6-8-16(17)11-15/h6-8,11,13-14,18H,3-5,9-10,12H2,1-2H3. The molecule has 1 aromatic rings. The van der Waals surface area contributed by atoms with E-state index in [0.717, 1.165) is 12.1 Å². The topological polar surface area (TPSA) is 15.3 Å². The zero-order valence-electron chi connectivity index (χ0n) is 12.0. The molecule has 1 heterocycles. The third-order valence-corrected chi connectivity index (χ3v) is 4.08. The van der Waals surface area contributed by atoms with Crippen LogP contribution in [0.25, 0.3) is 0 Å². The molecule has 0 spiro atoms. The number of hydrogen-bond donors (Lipinski definition) is 1. The predicted octanol–water partition coefficient (Wildman–Crippen LogP) is 3.35. The molecule has 0 amide bonds. The predicted molar refractivity (Wildman–Crippen MR) is 77.7 cm³/mol. The van der Waals surface area contributed by atoms with Crippen molar-refractivity contribution < 1.29 is 4.39 Å². The van der Waals surface area contributed by atoms with Crippen LogP contribution in [0.3, 0.4) is 0 Å². The van der Waals surface area contributed by atoms with E-state index >= 15 is 0 Å². The summed E-state index contributed by atoms with van der Waals surface area (Å²) in [5.74, 6) is -0.157. The first-order valence-electron chi connectivity index (χ1n) is 7.39. The largest absolute Gasteiger partial charge is 0.309 e. The van der Waals surface area contributed by atoms with Gasteiger partial charge in [0.15, 0.2) is 0 Å². The van der Waals surface area contributed by atoms with Crippen molar-refractivity contribution in [2.24, 2.45) is 0 Å². The van der Waals surface area contributed by atoms with E-state index in [1.54, 1.807) is 12.1 Å². The molecular weight excluding hydrogens is 239 g/mol. The van der Waals surface area contributed by atoms with Crippen LogP contribution in [0.4, 0.5) is 4.39 Å². The van der Waals surface area contributed by atoms with Gasteiger partial charge in [0.2, 0.25) is 0 Å². The smallest absolute Gasteiger partial charge is 0.123 e. The second-order valence-electron chi connectivity index (χ2n) is 5.63. The van der Waals surface area contributed by atoms with Crippen LogP contribution in [0.5, 0.6) is 0 Å². The first-order valence-corrected chi connectivity index (χ1v) is 7.39. The van der Waals surface area contributed by atoms with Gasteiger partial charge in [-0.05, 0) is 57.5 Å². The monoisotopic (exact) mass is 264 g/mol. The van der Waals surface area contributed by atoms with E-state index in [9.17, 15) is 4.39 Å². The van der Waals surface area contributed by atoms with Gasteiger partial charge in [-0.15, -0.1) is 0 Å². The molecule has 0 aromatic heterocycles. The molecule has 1 aromatic carbocycles. The third-order valence-electron chi connectivity index (χ3n) is 4.08. The summed E-state index contributed by atoms with van der Waals surface area (Å²) < 4.78 is 13.2. The fourth-order valence-corrected chi connectivity index (χ4v) is 2.73. The average molecular weight is 264 g/mol. The van der Waals surface area contributed by atoms with Crippen molar-refractivity contribution in [2.75, 3.05) is 19.6 Å². The van der Waals surface area contributed by atoms with Gasteiger partial charge in [0.1, 0.15) is 5.82 Å². The Bertz CT molecular complexity index is 388. The highest BCUT2D eigenvalue weighted by atomic mass is 19.1. The molecule has 2 unspecified atom stereocenters. The normalized spacial score (nSPS) is 20.2. The number of piperidine rings is 1. The molecule has 1 saturated heterocycles. The van der Waals surface area contributed by atoms with Crippen LogP contribution in [0, 0.1) is 5.82 Å². The van der Waals surface area contributed by atoms with E-state index in [0.29, 0.717) is 6.04 Å². The van der Waals surface area contributed by atoms with E-state index in [-0.39, 0.29) is 11.9 Å². The number of likely N-dealkylation sites (tertiary alicyclic amines) is 1. The molecule has 0 bridgehead atoms. The van der Waals surface area contributed by atoms with Crippen LogP contribution in [-0.4, -0.2) is 30.6 Å². The van der Waals surface area contributed by atoms with Crippen LogP contribution >= 0.6 is 0 Å². The van der Waals surface area contributed by atoms with Gasteiger partial charge in [-0.25, -0.2) is 4.39 Å². The van der Waals surface area contributed by atoms with Crippen molar-refractivity contribution in [1.29, 1.82) is 0 Å². The molecule has 1 aliphatic heterocycles. The molecule has 1 N–H and O–H groups in total. The highest BCUT2D eigenvalue weighted by Crippen LogP contribution is 2.15. The van der Waals surface area contributed by atoms with Gasteiger partial charge in [0, 0.05) is 18.6 Å². The number of nitrogens with zero attached hydrogens (tertiary/aromatic N) is 1. The molecule has 2 rings (SSSR count). The summed E-state index contributed by atoms with van der Waals surface area (Å²) >= 11 is 0. The number of benzene rings is 1. The van der Waals surface area contributed by atoms with E-state index < -0.39 is 0 Å². The van der Waals surface area contributed by atoms with Crippen molar-refractivity contribution in [3.63, 3.8) is 0 Å². The fraction of sp³-hybridized carbons (Fsp3) is 0.625. The van der Waals surface area contributed by atoms with Crippen LogP contribution < -0.4 is 5.32 Å². The van der Waals surface area contributed by atoms with Crippen LogP contribution in [0.1, 0.15) is 44.7 Å². The Balaban J connectivity index is 1.80. The number of rotatable bonds is 5. The summed E-state index contributed by atoms with van der Waals surface area (Å²) in [7, 11) is 0. The lowest BCUT2D eigenvalue weighted by molar-refractivity contribution is 0.168. The molecule has 3 heteroatoms. The summed E-state index contributed by atoms with van der Waals surface area (Å²) in [4.78, 5) is 2.55. The Hall–Kier alpha value is -0.930. The second kappa shape index (κ2) is 7.01. The fourth-order valence-electron chi connectivity index (χ4n) is 2.73. The van der Waals surface area contributed by atoms with Gasteiger partial charge in [-0.1, -0.05) is 18.6 Å². The highest BCUT2D eigenvalue weighted by molar-refractivity contribution is 5.19. The SMILES string of the molecule is CC(NCC(C)N1CCCCC1)c1cccc(F)c1. The minimum Gasteiger partial charge on any atom is -0.309 e. The van der Waals surface area contributed by atoms with Crippen molar-refractivity contribution in [3.8, 4) is 0 Å². The first-order chi connectivity index (χ1) is 9.16. The highest BCUT2D eigenvalue weighted by Gasteiger charge is 2.17. The summed E-state index contributed by atoms with van der Waals surface area (Å²) in [5, 5.41) is 3.51. The molecule has 1 fully saturated rings. The van der Waals surface area contributed by atoms with E-state index in [2.05, 4.69) is 24.1 Å². The lowest BCUT2D eigenvalue weighted by Crippen LogP contribution is -2.43. The second-order valence-corrected chi connectivity index (χ2v) is 5.63. The van der Waals surface area contributed by atoms with Gasteiger partial charge in [-0.2, -0.15) is 0 Å². The van der Waals surface area contributed by atoms with Crippen LogP contribution in [-0.2, 0) is 0 Å².